The van der Waals surface area contributed by atoms with E-state index in [4.69, 9.17) is 10.2 Å². The average Bonchev–Trinajstić information content (AvgIpc) is 2.02. The van der Waals surface area contributed by atoms with Crippen LogP contribution in [0.2, 0.25) is 0 Å². The van der Waals surface area contributed by atoms with Crippen LogP contribution in [-0.2, 0) is 14.4 Å². The number of carboxylic acids is 2. The van der Waals surface area contributed by atoms with Crippen molar-refractivity contribution >= 4 is 17.8 Å². The van der Waals surface area contributed by atoms with Crippen LogP contribution in [0.3, 0.4) is 0 Å². The molecule has 0 rings (SSSR count). The van der Waals surface area contributed by atoms with E-state index in [0.29, 0.717) is 0 Å². The van der Waals surface area contributed by atoms with Gasteiger partial charge < -0.3 is 15.5 Å². The van der Waals surface area contributed by atoms with Gasteiger partial charge in [0.2, 0.25) is 5.91 Å². The molecule has 0 aromatic heterocycles. The predicted octanol–water partition coefficient (Wildman–Crippen LogP) is -0.393. The molecule has 0 spiro atoms. The molecule has 0 aliphatic heterocycles. The number of hydrogen-bond acceptors (Lipinski definition) is 3. The molecule has 3 N–H and O–H groups in total. The number of rotatable bonds is 5. The highest BCUT2D eigenvalue weighted by molar-refractivity contribution is 5.92. The molecule has 0 radical (unpaired) electrons. The molecule has 1 atom stereocenters. The van der Waals surface area contributed by atoms with Gasteiger partial charge in [0.1, 0.15) is 6.04 Å². The van der Waals surface area contributed by atoms with Crippen molar-refractivity contribution in [2.75, 3.05) is 0 Å². The number of nitrogens with one attached hydrogen (secondary N) is 1. The van der Waals surface area contributed by atoms with Gasteiger partial charge in [-0.3, -0.25) is 9.59 Å². The maximum absolute atomic E-state index is 10.9. The van der Waals surface area contributed by atoms with Crippen LogP contribution in [0, 0.1) is 0 Å². The second-order valence-electron chi connectivity index (χ2n) is 2.50. The molecule has 1 unspecified atom stereocenters. The first kappa shape index (κ1) is 12.2. The number of hydrogen-bond donors (Lipinski definition) is 3. The number of allylic oxidation sites excluding steroid dienone is 1. The molecule has 0 bridgehead atoms. The van der Waals surface area contributed by atoms with Crippen molar-refractivity contribution in [1.29, 1.82) is 0 Å². The third-order valence-electron chi connectivity index (χ3n) is 1.31. The van der Waals surface area contributed by atoms with Gasteiger partial charge in [0.25, 0.3) is 0 Å². The van der Waals surface area contributed by atoms with Crippen LogP contribution in [0.5, 0.6) is 0 Å². The minimum absolute atomic E-state index is 0.624. The summed E-state index contributed by atoms with van der Waals surface area (Å²) >= 11 is 0. The van der Waals surface area contributed by atoms with E-state index in [0.717, 1.165) is 6.08 Å². The van der Waals surface area contributed by atoms with Crippen LogP contribution in [0.1, 0.15) is 13.3 Å². The zero-order chi connectivity index (χ0) is 11.1. The summed E-state index contributed by atoms with van der Waals surface area (Å²) in [5.74, 6) is -3.27. The van der Waals surface area contributed by atoms with E-state index in [2.05, 4.69) is 0 Å². The Kier molecular flexibility index (Phi) is 4.98. The molecule has 1 amide bonds. The molecule has 14 heavy (non-hydrogen) atoms. The quantitative estimate of drug-likeness (QED) is 0.525. The van der Waals surface area contributed by atoms with Crippen LogP contribution >= 0.6 is 0 Å². The van der Waals surface area contributed by atoms with Crippen LogP contribution in [-0.4, -0.2) is 34.1 Å². The summed E-state index contributed by atoms with van der Waals surface area (Å²) in [4.78, 5) is 31.6. The molecule has 0 aromatic rings. The Balaban J connectivity index is 4.30. The standard InChI is InChI=1S/C8H11NO5/c1-2-3-6(10)9-5(8(13)14)4-7(11)12/h2-3,5H,4H2,1H3,(H,9,10)(H,11,12)(H,13,14). The summed E-state index contributed by atoms with van der Waals surface area (Å²) in [6.07, 6.45) is 1.91. The number of aliphatic carboxylic acids is 2. The van der Waals surface area contributed by atoms with Crippen molar-refractivity contribution in [2.24, 2.45) is 0 Å². The lowest BCUT2D eigenvalue weighted by Crippen LogP contribution is -2.41. The molecule has 0 aromatic carbocycles. The minimum Gasteiger partial charge on any atom is -0.481 e. The van der Waals surface area contributed by atoms with Gasteiger partial charge in [0.05, 0.1) is 6.42 Å². The van der Waals surface area contributed by atoms with Gasteiger partial charge in [0.15, 0.2) is 0 Å². The lowest BCUT2D eigenvalue weighted by Gasteiger charge is -2.09. The van der Waals surface area contributed by atoms with Crippen molar-refractivity contribution in [3.8, 4) is 0 Å². The number of carbonyl (C=O) groups is 3. The van der Waals surface area contributed by atoms with Crippen LogP contribution in [0.15, 0.2) is 12.2 Å². The fourth-order valence-electron chi connectivity index (χ4n) is 0.746. The first-order valence-electron chi connectivity index (χ1n) is 3.85. The lowest BCUT2D eigenvalue weighted by atomic mass is 10.2. The SMILES string of the molecule is CC=CC(=O)NC(CC(=O)O)C(=O)O. The Labute approximate surface area is 80.2 Å². The summed E-state index contributed by atoms with van der Waals surface area (Å²) in [6.45, 7) is 1.59. The maximum atomic E-state index is 10.9. The minimum atomic E-state index is -1.39. The highest BCUT2D eigenvalue weighted by atomic mass is 16.4. The topological polar surface area (TPSA) is 104 Å². The van der Waals surface area contributed by atoms with Crippen LogP contribution in [0.25, 0.3) is 0 Å². The maximum Gasteiger partial charge on any atom is 0.326 e. The summed E-state index contributed by atoms with van der Waals surface area (Å²) in [5, 5.41) is 18.9. The predicted molar refractivity (Wildman–Crippen MR) is 46.6 cm³/mol. The molecule has 0 saturated carbocycles. The Hall–Kier alpha value is -1.85. The van der Waals surface area contributed by atoms with Gasteiger partial charge >= 0.3 is 11.9 Å². The highest BCUT2D eigenvalue weighted by Crippen LogP contribution is 1.92. The van der Waals surface area contributed by atoms with Gasteiger partial charge in [-0.25, -0.2) is 4.79 Å². The Morgan fingerprint density at radius 3 is 2.29 bits per heavy atom. The molecule has 78 valence electrons. The van der Waals surface area contributed by atoms with Crippen molar-refractivity contribution in [1.82, 2.24) is 5.32 Å². The molecule has 0 fully saturated rings. The first-order chi connectivity index (χ1) is 6.47. The van der Waals surface area contributed by atoms with Crippen LogP contribution < -0.4 is 5.32 Å². The fraction of sp³-hybridized carbons (Fsp3) is 0.375. The summed E-state index contributed by atoms with van der Waals surface area (Å²) in [5.41, 5.74) is 0. The zero-order valence-corrected chi connectivity index (χ0v) is 7.56. The van der Waals surface area contributed by atoms with E-state index in [1.165, 1.54) is 6.08 Å². The third-order valence-corrected chi connectivity index (χ3v) is 1.31. The molecule has 0 aliphatic rings. The molecule has 6 heteroatoms. The van der Waals surface area contributed by atoms with Gasteiger partial charge in [-0.15, -0.1) is 0 Å². The highest BCUT2D eigenvalue weighted by Gasteiger charge is 2.21. The Morgan fingerprint density at radius 1 is 1.36 bits per heavy atom. The molecule has 0 aliphatic carbocycles. The molecule has 0 heterocycles. The van der Waals surface area contributed by atoms with E-state index in [1.807, 2.05) is 5.32 Å². The van der Waals surface area contributed by atoms with Crippen LogP contribution in [0.4, 0.5) is 0 Å². The second kappa shape index (κ2) is 5.74. The van der Waals surface area contributed by atoms with E-state index < -0.39 is 30.3 Å². The Morgan fingerprint density at radius 2 is 1.93 bits per heavy atom. The summed E-state index contributed by atoms with van der Waals surface area (Å²) in [6, 6.07) is -1.39. The van der Waals surface area contributed by atoms with E-state index in [9.17, 15) is 14.4 Å². The van der Waals surface area contributed by atoms with Gasteiger partial charge in [-0.05, 0) is 13.0 Å². The second-order valence-corrected chi connectivity index (χ2v) is 2.50. The van der Waals surface area contributed by atoms with E-state index in [1.54, 1.807) is 6.92 Å². The summed E-state index contributed by atoms with van der Waals surface area (Å²) in [7, 11) is 0. The zero-order valence-electron chi connectivity index (χ0n) is 7.56. The van der Waals surface area contributed by atoms with E-state index >= 15 is 0 Å². The molecular weight excluding hydrogens is 190 g/mol. The largest absolute Gasteiger partial charge is 0.481 e. The normalized spacial score (nSPS) is 12.4. The number of carboxylic acid groups (broad SMARTS) is 2. The number of amides is 1. The monoisotopic (exact) mass is 201 g/mol. The summed E-state index contributed by atoms with van der Waals surface area (Å²) < 4.78 is 0. The van der Waals surface area contributed by atoms with Crippen molar-refractivity contribution in [3.63, 3.8) is 0 Å². The lowest BCUT2D eigenvalue weighted by molar-refractivity contribution is -0.146. The van der Waals surface area contributed by atoms with Gasteiger partial charge in [-0.1, -0.05) is 6.08 Å². The van der Waals surface area contributed by atoms with E-state index in [-0.39, 0.29) is 0 Å². The third kappa shape index (κ3) is 4.91. The fourth-order valence-corrected chi connectivity index (χ4v) is 0.746. The van der Waals surface area contributed by atoms with Crippen molar-refractivity contribution < 1.29 is 24.6 Å². The Bertz CT molecular complexity index is 271. The molecular formula is C8H11NO5. The average molecular weight is 201 g/mol. The van der Waals surface area contributed by atoms with Crippen molar-refractivity contribution in [2.45, 2.75) is 19.4 Å². The molecule has 0 saturated heterocycles. The number of carbonyl (C=O) groups excluding carboxylic acids is 1. The van der Waals surface area contributed by atoms with Gasteiger partial charge in [0, 0.05) is 0 Å². The first-order valence-corrected chi connectivity index (χ1v) is 3.85. The molecule has 6 nitrogen and oxygen atoms in total. The smallest absolute Gasteiger partial charge is 0.326 e. The van der Waals surface area contributed by atoms with Crippen molar-refractivity contribution in [3.05, 3.63) is 12.2 Å². The van der Waals surface area contributed by atoms with Gasteiger partial charge in [-0.2, -0.15) is 0 Å².